The van der Waals surface area contributed by atoms with E-state index in [1.54, 1.807) is 0 Å². The summed E-state index contributed by atoms with van der Waals surface area (Å²) >= 11 is 0. The maximum absolute atomic E-state index is 11.4. The molecule has 0 radical (unpaired) electrons. The third-order valence-corrected chi connectivity index (χ3v) is 4.96. The molecule has 0 aliphatic heterocycles. The van der Waals surface area contributed by atoms with Gasteiger partial charge in [-0.1, -0.05) is 6.92 Å². The Morgan fingerprint density at radius 3 is 2.43 bits per heavy atom. The zero-order valence-corrected chi connectivity index (χ0v) is 13.6. The van der Waals surface area contributed by atoms with Crippen LogP contribution in [0.1, 0.15) is 71.6 Å². The molecule has 0 saturated heterocycles. The van der Waals surface area contributed by atoms with Gasteiger partial charge in [-0.05, 0) is 70.6 Å². The fourth-order valence-electron chi connectivity index (χ4n) is 3.15. The Bertz CT molecular complexity index is 335. The van der Waals surface area contributed by atoms with Crippen molar-refractivity contribution in [1.82, 2.24) is 5.32 Å². The number of ether oxygens (including phenoxy) is 1. The molecule has 2 fully saturated rings. The van der Waals surface area contributed by atoms with Crippen LogP contribution in [0.25, 0.3) is 0 Å². The van der Waals surface area contributed by atoms with Gasteiger partial charge in [-0.25, -0.2) is 0 Å². The maximum atomic E-state index is 11.4. The lowest BCUT2D eigenvalue weighted by Crippen LogP contribution is -2.50. The number of aliphatic carboxylic acids is 1. The molecule has 0 heterocycles. The lowest BCUT2D eigenvalue weighted by atomic mass is 9.89. The highest BCUT2D eigenvalue weighted by atomic mass is 16.5. The van der Waals surface area contributed by atoms with Crippen LogP contribution in [0.15, 0.2) is 0 Å². The van der Waals surface area contributed by atoms with E-state index in [2.05, 4.69) is 12.2 Å². The van der Waals surface area contributed by atoms with E-state index in [4.69, 9.17) is 4.74 Å². The number of unbranched alkanes of at least 4 members (excludes halogenated alkanes) is 1. The van der Waals surface area contributed by atoms with Crippen LogP contribution in [0.4, 0.5) is 0 Å². The van der Waals surface area contributed by atoms with Gasteiger partial charge >= 0.3 is 5.97 Å². The summed E-state index contributed by atoms with van der Waals surface area (Å²) in [5, 5.41) is 12.7. The van der Waals surface area contributed by atoms with Crippen LogP contribution in [0.5, 0.6) is 0 Å². The lowest BCUT2D eigenvalue weighted by molar-refractivity contribution is -0.144. The number of nitrogens with one attached hydrogen (secondary N) is 1. The van der Waals surface area contributed by atoms with Gasteiger partial charge in [0.15, 0.2) is 0 Å². The highest BCUT2D eigenvalue weighted by molar-refractivity contribution is 5.78. The fourth-order valence-corrected chi connectivity index (χ4v) is 3.15. The third kappa shape index (κ3) is 5.59. The van der Waals surface area contributed by atoms with Gasteiger partial charge in [0.05, 0.1) is 6.10 Å². The van der Waals surface area contributed by atoms with Gasteiger partial charge in [0.2, 0.25) is 0 Å². The molecule has 0 amide bonds. The molecule has 4 heteroatoms. The summed E-state index contributed by atoms with van der Waals surface area (Å²) in [4.78, 5) is 11.4. The van der Waals surface area contributed by atoms with E-state index >= 15 is 0 Å². The third-order valence-electron chi connectivity index (χ3n) is 4.96. The van der Waals surface area contributed by atoms with Crippen LogP contribution >= 0.6 is 0 Å². The molecule has 2 aliphatic carbocycles. The van der Waals surface area contributed by atoms with Crippen LogP contribution < -0.4 is 5.32 Å². The Kier molecular flexibility index (Phi) is 6.06. The molecule has 0 bridgehead atoms. The van der Waals surface area contributed by atoms with Gasteiger partial charge in [0.1, 0.15) is 5.54 Å². The van der Waals surface area contributed by atoms with E-state index in [0.717, 1.165) is 38.2 Å². The van der Waals surface area contributed by atoms with Crippen molar-refractivity contribution in [2.24, 2.45) is 5.92 Å². The summed E-state index contributed by atoms with van der Waals surface area (Å²) in [6, 6.07) is 0.423. The SMILES string of the molecule is CC1CCC(OCCCCC(C)(NC2CC2)C(=O)O)CC1. The van der Waals surface area contributed by atoms with Crippen molar-refractivity contribution in [3.8, 4) is 0 Å². The number of hydrogen-bond donors (Lipinski definition) is 2. The number of carboxylic acids is 1. The van der Waals surface area contributed by atoms with Crippen molar-refractivity contribution in [1.29, 1.82) is 0 Å². The molecule has 2 N–H and O–H groups in total. The molecular formula is C17H31NO3. The van der Waals surface area contributed by atoms with Crippen molar-refractivity contribution in [2.45, 2.75) is 89.3 Å². The topological polar surface area (TPSA) is 58.6 Å². The molecule has 1 unspecified atom stereocenters. The molecule has 2 saturated carbocycles. The van der Waals surface area contributed by atoms with Gasteiger partial charge in [-0.3, -0.25) is 10.1 Å². The fraction of sp³-hybridized carbons (Fsp3) is 0.941. The number of carbonyl (C=O) groups is 1. The number of rotatable bonds is 9. The quantitative estimate of drug-likeness (QED) is 0.641. The predicted octanol–water partition coefficient (Wildman–Crippen LogP) is 3.35. The summed E-state index contributed by atoms with van der Waals surface area (Å²) in [6.45, 7) is 4.91. The van der Waals surface area contributed by atoms with E-state index in [1.807, 2.05) is 6.92 Å². The Morgan fingerprint density at radius 2 is 1.86 bits per heavy atom. The molecule has 2 rings (SSSR count). The van der Waals surface area contributed by atoms with Crippen LogP contribution in [0, 0.1) is 5.92 Å². The largest absolute Gasteiger partial charge is 0.480 e. The minimum atomic E-state index is -0.762. The highest BCUT2D eigenvalue weighted by Gasteiger charge is 2.37. The van der Waals surface area contributed by atoms with Crippen LogP contribution in [-0.2, 0) is 9.53 Å². The van der Waals surface area contributed by atoms with E-state index in [1.165, 1.54) is 25.7 Å². The first-order valence-electron chi connectivity index (χ1n) is 8.62. The van der Waals surface area contributed by atoms with E-state index in [9.17, 15) is 9.90 Å². The Morgan fingerprint density at radius 1 is 1.19 bits per heavy atom. The zero-order chi connectivity index (χ0) is 15.3. The van der Waals surface area contributed by atoms with E-state index in [0.29, 0.717) is 18.6 Å². The lowest BCUT2D eigenvalue weighted by Gasteiger charge is -2.27. The minimum absolute atomic E-state index is 0.423. The Balaban J connectivity index is 1.58. The zero-order valence-electron chi connectivity index (χ0n) is 13.6. The van der Waals surface area contributed by atoms with Crippen molar-refractivity contribution in [3.63, 3.8) is 0 Å². The molecule has 0 aromatic carbocycles. The van der Waals surface area contributed by atoms with Crippen molar-refractivity contribution in [2.75, 3.05) is 6.61 Å². The van der Waals surface area contributed by atoms with Crippen LogP contribution in [-0.4, -0.2) is 35.4 Å². The molecule has 0 aromatic heterocycles. The van der Waals surface area contributed by atoms with Crippen LogP contribution in [0.3, 0.4) is 0 Å². The van der Waals surface area contributed by atoms with Gasteiger partial charge < -0.3 is 9.84 Å². The summed E-state index contributed by atoms with van der Waals surface area (Å²) in [5.74, 6) is 0.131. The summed E-state index contributed by atoms with van der Waals surface area (Å²) in [7, 11) is 0. The standard InChI is InChI=1S/C17H31NO3/c1-13-5-9-15(10-6-13)21-12-4-3-11-17(2,16(19)20)18-14-7-8-14/h13-15,18H,3-12H2,1-2H3,(H,19,20). The number of hydrogen-bond acceptors (Lipinski definition) is 3. The predicted molar refractivity (Wildman–Crippen MR) is 83.4 cm³/mol. The second-order valence-electron chi connectivity index (χ2n) is 7.27. The Hall–Kier alpha value is -0.610. The average molecular weight is 297 g/mol. The Labute approximate surface area is 128 Å². The first-order chi connectivity index (χ1) is 9.99. The molecule has 4 nitrogen and oxygen atoms in total. The van der Waals surface area contributed by atoms with E-state index in [-0.39, 0.29) is 0 Å². The van der Waals surface area contributed by atoms with Gasteiger partial charge in [0, 0.05) is 12.6 Å². The molecule has 0 aromatic rings. The number of carboxylic acid groups (broad SMARTS) is 1. The second-order valence-corrected chi connectivity index (χ2v) is 7.27. The summed E-state index contributed by atoms with van der Waals surface area (Å²) < 4.78 is 5.93. The van der Waals surface area contributed by atoms with Gasteiger partial charge in [0.25, 0.3) is 0 Å². The summed E-state index contributed by atoms with van der Waals surface area (Å²) in [6.07, 6.45) is 10.2. The van der Waals surface area contributed by atoms with Crippen molar-refractivity contribution < 1.29 is 14.6 Å². The highest BCUT2D eigenvalue weighted by Crippen LogP contribution is 2.27. The van der Waals surface area contributed by atoms with Gasteiger partial charge in [-0.2, -0.15) is 0 Å². The molecule has 0 spiro atoms. The molecule has 21 heavy (non-hydrogen) atoms. The van der Waals surface area contributed by atoms with Gasteiger partial charge in [-0.15, -0.1) is 0 Å². The van der Waals surface area contributed by atoms with Crippen molar-refractivity contribution in [3.05, 3.63) is 0 Å². The smallest absolute Gasteiger partial charge is 0.323 e. The molecule has 1 atom stereocenters. The monoisotopic (exact) mass is 297 g/mol. The first-order valence-corrected chi connectivity index (χ1v) is 8.62. The first kappa shape index (κ1) is 16.8. The maximum Gasteiger partial charge on any atom is 0.323 e. The molecule has 2 aliphatic rings. The average Bonchev–Trinajstić information content (AvgIpc) is 3.24. The minimum Gasteiger partial charge on any atom is -0.480 e. The summed E-state index contributed by atoms with van der Waals surface area (Å²) in [5.41, 5.74) is -0.762. The van der Waals surface area contributed by atoms with Crippen molar-refractivity contribution >= 4 is 5.97 Å². The molecule has 122 valence electrons. The second kappa shape index (κ2) is 7.59. The van der Waals surface area contributed by atoms with Crippen LogP contribution in [0.2, 0.25) is 0 Å². The normalized spacial score (nSPS) is 29.0. The van der Waals surface area contributed by atoms with E-state index < -0.39 is 11.5 Å². The molecular weight excluding hydrogens is 266 g/mol.